The number of aliphatic hydroxyl groups excluding tert-OH is 1. The van der Waals surface area contributed by atoms with Gasteiger partial charge in [0.1, 0.15) is 5.60 Å². The molecule has 2 aliphatic rings. The Morgan fingerprint density at radius 1 is 1.18 bits per heavy atom. The molecular weight excluding hydrogens is 280 g/mol. The zero-order chi connectivity index (χ0) is 16.2. The molecule has 2 saturated heterocycles. The maximum Gasteiger partial charge on any atom is 0.410 e. The van der Waals surface area contributed by atoms with Crippen molar-refractivity contribution in [1.82, 2.24) is 9.80 Å². The minimum absolute atomic E-state index is 0.179. The van der Waals surface area contributed by atoms with Gasteiger partial charge in [0.05, 0.1) is 6.61 Å². The molecule has 0 bridgehead atoms. The molecule has 0 radical (unpaired) electrons. The van der Waals surface area contributed by atoms with Crippen LogP contribution >= 0.6 is 0 Å². The summed E-state index contributed by atoms with van der Waals surface area (Å²) < 4.78 is 5.52. The molecule has 5 heteroatoms. The molecule has 1 N–H and O–H groups in total. The van der Waals surface area contributed by atoms with Crippen molar-refractivity contribution in [1.29, 1.82) is 0 Å². The molecule has 1 amide bonds. The van der Waals surface area contributed by atoms with Crippen LogP contribution in [0.25, 0.3) is 0 Å². The fraction of sp³-hybridized carbons (Fsp3) is 0.941. The van der Waals surface area contributed by atoms with Crippen LogP contribution in [0.15, 0.2) is 0 Å². The number of hydrogen-bond acceptors (Lipinski definition) is 4. The van der Waals surface area contributed by atoms with Crippen molar-refractivity contribution < 1.29 is 14.6 Å². The summed E-state index contributed by atoms with van der Waals surface area (Å²) in [5.74, 6) is 0.508. The van der Waals surface area contributed by atoms with Gasteiger partial charge in [-0.1, -0.05) is 6.42 Å². The second-order valence-corrected chi connectivity index (χ2v) is 7.65. The smallest absolute Gasteiger partial charge is 0.410 e. The first-order chi connectivity index (χ1) is 10.4. The topological polar surface area (TPSA) is 53.0 Å². The normalized spacial score (nSPS) is 27.7. The van der Waals surface area contributed by atoms with E-state index in [-0.39, 0.29) is 12.7 Å². The first-order valence-corrected chi connectivity index (χ1v) is 8.73. The van der Waals surface area contributed by atoms with Crippen LogP contribution < -0.4 is 0 Å². The van der Waals surface area contributed by atoms with Gasteiger partial charge in [-0.05, 0) is 58.9 Å². The van der Waals surface area contributed by atoms with Crippen LogP contribution in [0.5, 0.6) is 0 Å². The molecule has 2 atom stereocenters. The van der Waals surface area contributed by atoms with Crippen molar-refractivity contribution >= 4 is 6.09 Å². The summed E-state index contributed by atoms with van der Waals surface area (Å²) >= 11 is 0. The first kappa shape index (κ1) is 17.5. The van der Waals surface area contributed by atoms with Gasteiger partial charge in [0.15, 0.2) is 0 Å². The number of rotatable bonds is 3. The van der Waals surface area contributed by atoms with Crippen LogP contribution in [-0.4, -0.2) is 65.4 Å². The SMILES string of the molecule is CC(C)(C)OC(=O)N1CCC[C@H]([C@@H]2CCCCN2CCO)C1. The molecule has 0 aromatic rings. The van der Waals surface area contributed by atoms with Crippen LogP contribution in [0.1, 0.15) is 52.9 Å². The Hall–Kier alpha value is -0.810. The van der Waals surface area contributed by atoms with Gasteiger partial charge < -0.3 is 14.7 Å². The number of hydrogen-bond donors (Lipinski definition) is 1. The summed E-state index contributed by atoms with van der Waals surface area (Å²) in [5.41, 5.74) is -0.433. The van der Waals surface area contributed by atoms with Crippen molar-refractivity contribution in [3.05, 3.63) is 0 Å². The summed E-state index contributed by atoms with van der Waals surface area (Å²) in [6.45, 7) is 9.39. The quantitative estimate of drug-likeness (QED) is 0.870. The van der Waals surface area contributed by atoms with E-state index < -0.39 is 5.60 Å². The lowest BCUT2D eigenvalue weighted by Gasteiger charge is -2.44. The largest absolute Gasteiger partial charge is 0.444 e. The summed E-state index contributed by atoms with van der Waals surface area (Å²) in [4.78, 5) is 16.6. The van der Waals surface area contributed by atoms with Crippen LogP contribution in [0.2, 0.25) is 0 Å². The molecule has 128 valence electrons. The fourth-order valence-electron chi connectivity index (χ4n) is 3.77. The predicted octanol–water partition coefficient (Wildman–Crippen LogP) is 2.48. The second kappa shape index (κ2) is 7.64. The van der Waals surface area contributed by atoms with E-state index in [0.717, 1.165) is 32.6 Å². The summed E-state index contributed by atoms with van der Waals surface area (Å²) in [5, 5.41) is 9.28. The Morgan fingerprint density at radius 3 is 2.64 bits per heavy atom. The van der Waals surface area contributed by atoms with Crippen LogP contribution in [-0.2, 0) is 4.74 Å². The number of carbonyl (C=O) groups excluding carboxylic acids is 1. The highest BCUT2D eigenvalue weighted by molar-refractivity contribution is 5.68. The summed E-state index contributed by atoms with van der Waals surface area (Å²) in [7, 11) is 0. The highest BCUT2D eigenvalue weighted by atomic mass is 16.6. The highest BCUT2D eigenvalue weighted by Gasteiger charge is 2.35. The van der Waals surface area contributed by atoms with Gasteiger partial charge in [0.25, 0.3) is 0 Å². The van der Waals surface area contributed by atoms with Crippen molar-refractivity contribution in [2.45, 2.75) is 64.5 Å². The van der Waals surface area contributed by atoms with Gasteiger partial charge in [-0.15, -0.1) is 0 Å². The molecule has 2 fully saturated rings. The van der Waals surface area contributed by atoms with E-state index in [1.807, 2.05) is 25.7 Å². The van der Waals surface area contributed by atoms with Gasteiger partial charge in [0.2, 0.25) is 0 Å². The number of β-amino-alcohol motifs (C(OH)–C–C–N with tert-alkyl or cyclic N) is 1. The molecular formula is C17H32N2O3. The molecule has 0 aromatic carbocycles. The van der Waals surface area contributed by atoms with E-state index >= 15 is 0 Å². The minimum Gasteiger partial charge on any atom is -0.444 e. The number of piperidine rings is 2. The van der Waals surface area contributed by atoms with Crippen LogP contribution in [0, 0.1) is 5.92 Å². The highest BCUT2D eigenvalue weighted by Crippen LogP contribution is 2.30. The first-order valence-electron chi connectivity index (χ1n) is 8.73. The van der Waals surface area contributed by atoms with E-state index in [4.69, 9.17) is 4.74 Å². The molecule has 2 rings (SSSR count). The lowest BCUT2D eigenvalue weighted by Crippen LogP contribution is -2.52. The number of likely N-dealkylation sites (tertiary alicyclic amines) is 2. The molecule has 22 heavy (non-hydrogen) atoms. The third kappa shape index (κ3) is 4.85. The molecule has 0 saturated carbocycles. The Labute approximate surface area is 134 Å². The third-order valence-electron chi connectivity index (χ3n) is 4.71. The molecule has 5 nitrogen and oxygen atoms in total. The van der Waals surface area contributed by atoms with Gasteiger partial charge >= 0.3 is 6.09 Å². The van der Waals surface area contributed by atoms with Gasteiger partial charge in [-0.2, -0.15) is 0 Å². The summed E-state index contributed by atoms with van der Waals surface area (Å²) in [6, 6.07) is 0.506. The van der Waals surface area contributed by atoms with E-state index in [9.17, 15) is 9.90 Å². The van der Waals surface area contributed by atoms with E-state index in [1.165, 1.54) is 25.7 Å². The summed E-state index contributed by atoms with van der Waals surface area (Å²) in [6.07, 6.45) is 5.71. The molecule has 2 aliphatic heterocycles. The predicted molar refractivity (Wildman–Crippen MR) is 86.8 cm³/mol. The Kier molecular flexibility index (Phi) is 6.09. The van der Waals surface area contributed by atoms with Gasteiger partial charge in [0, 0.05) is 25.7 Å². The molecule has 0 aromatic heterocycles. The average Bonchev–Trinajstić information content (AvgIpc) is 2.46. The Balaban J connectivity index is 1.95. The fourth-order valence-corrected chi connectivity index (χ4v) is 3.77. The Morgan fingerprint density at radius 2 is 1.95 bits per heavy atom. The minimum atomic E-state index is -0.433. The Bertz CT molecular complexity index is 365. The van der Waals surface area contributed by atoms with Crippen molar-refractivity contribution in [3.8, 4) is 0 Å². The zero-order valence-corrected chi connectivity index (χ0v) is 14.4. The third-order valence-corrected chi connectivity index (χ3v) is 4.71. The maximum absolute atomic E-state index is 12.3. The lowest BCUT2D eigenvalue weighted by molar-refractivity contribution is 0.00263. The number of amides is 1. The number of nitrogens with zero attached hydrogens (tertiary/aromatic N) is 2. The lowest BCUT2D eigenvalue weighted by atomic mass is 9.84. The number of aliphatic hydroxyl groups is 1. The van der Waals surface area contributed by atoms with E-state index in [0.29, 0.717) is 12.0 Å². The van der Waals surface area contributed by atoms with Crippen molar-refractivity contribution in [3.63, 3.8) is 0 Å². The average molecular weight is 312 g/mol. The van der Waals surface area contributed by atoms with Gasteiger partial charge in [-0.3, -0.25) is 4.90 Å². The van der Waals surface area contributed by atoms with E-state index in [1.54, 1.807) is 0 Å². The standard InChI is InChI=1S/C17H32N2O3/c1-17(2,3)22-16(21)19-10-6-7-14(13-19)15-8-4-5-9-18(15)11-12-20/h14-15,20H,4-13H2,1-3H3/t14-,15-/m0/s1. The van der Waals surface area contributed by atoms with Crippen LogP contribution in [0.4, 0.5) is 4.79 Å². The monoisotopic (exact) mass is 312 g/mol. The number of ether oxygens (including phenoxy) is 1. The van der Waals surface area contributed by atoms with Crippen LogP contribution in [0.3, 0.4) is 0 Å². The number of carbonyl (C=O) groups is 1. The molecule has 0 aliphatic carbocycles. The van der Waals surface area contributed by atoms with Crippen molar-refractivity contribution in [2.24, 2.45) is 5.92 Å². The zero-order valence-electron chi connectivity index (χ0n) is 14.4. The molecule has 0 spiro atoms. The maximum atomic E-state index is 12.3. The second-order valence-electron chi connectivity index (χ2n) is 7.65. The van der Waals surface area contributed by atoms with E-state index in [2.05, 4.69) is 4.90 Å². The molecule has 0 unspecified atom stereocenters. The van der Waals surface area contributed by atoms with Gasteiger partial charge in [-0.25, -0.2) is 4.79 Å². The van der Waals surface area contributed by atoms with Crippen molar-refractivity contribution in [2.75, 3.05) is 32.8 Å². The molecule has 2 heterocycles.